The summed E-state index contributed by atoms with van der Waals surface area (Å²) in [5.74, 6) is -3.35. The van der Waals surface area contributed by atoms with Crippen LogP contribution in [0.25, 0.3) is 0 Å². The van der Waals surface area contributed by atoms with Gasteiger partial charge < -0.3 is 15.2 Å². The molecule has 2 aliphatic heterocycles. The highest BCUT2D eigenvalue weighted by Gasteiger charge is 2.53. The molecule has 2 aliphatic rings. The van der Waals surface area contributed by atoms with Gasteiger partial charge in [0.05, 0.1) is 23.0 Å². The fourth-order valence-corrected chi connectivity index (χ4v) is 4.64. The van der Waals surface area contributed by atoms with Crippen molar-refractivity contribution in [1.29, 1.82) is 0 Å². The molecule has 4 atom stereocenters. The molecule has 0 aliphatic carbocycles. The van der Waals surface area contributed by atoms with Crippen LogP contribution in [-0.2, 0) is 24.3 Å². The van der Waals surface area contributed by atoms with Crippen LogP contribution in [0.1, 0.15) is 0 Å². The van der Waals surface area contributed by atoms with E-state index in [9.17, 15) is 23.1 Å². The Balaban J connectivity index is 1.46. The van der Waals surface area contributed by atoms with Gasteiger partial charge in [0.15, 0.2) is 0 Å². The van der Waals surface area contributed by atoms with Crippen LogP contribution in [0.5, 0.6) is 0 Å². The first kappa shape index (κ1) is 19.2. The number of fused-ring (bicyclic) bond motifs is 2. The molecule has 0 saturated carbocycles. The second kappa shape index (κ2) is 7.34. The molecule has 4 rings (SSSR count). The van der Waals surface area contributed by atoms with E-state index in [1.54, 1.807) is 42.5 Å². The van der Waals surface area contributed by atoms with Gasteiger partial charge in [0.2, 0.25) is 5.91 Å². The number of sulfonamides is 1. The molecule has 0 aromatic heterocycles. The maximum Gasteiger partial charge on any atom is 0.310 e. The number of carboxylic acid groups (broad SMARTS) is 1. The van der Waals surface area contributed by atoms with E-state index in [4.69, 9.17) is 4.74 Å². The van der Waals surface area contributed by atoms with E-state index in [-0.39, 0.29) is 4.90 Å². The van der Waals surface area contributed by atoms with Gasteiger partial charge in [-0.1, -0.05) is 30.4 Å². The summed E-state index contributed by atoms with van der Waals surface area (Å²) >= 11 is 0. The van der Waals surface area contributed by atoms with Crippen molar-refractivity contribution >= 4 is 33.3 Å². The average molecular weight is 414 g/mol. The lowest BCUT2D eigenvalue weighted by Gasteiger charge is -2.21. The molecule has 0 unspecified atom stereocenters. The van der Waals surface area contributed by atoms with Crippen molar-refractivity contribution in [1.82, 2.24) is 0 Å². The first-order valence-electron chi connectivity index (χ1n) is 8.90. The number of anilines is 2. The monoisotopic (exact) mass is 414 g/mol. The van der Waals surface area contributed by atoms with Crippen molar-refractivity contribution in [3.05, 3.63) is 66.7 Å². The summed E-state index contributed by atoms with van der Waals surface area (Å²) in [6.07, 6.45) is 2.17. The van der Waals surface area contributed by atoms with Gasteiger partial charge in [-0.25, -0.2) is 8.42 Å². The molecular formula is C20H18N2O6S. The number of aliphatic carboxylic acids is 1. The van der Waals surface area contributed by atoms with Crippen LogP contribution in [0.2, 0.25) is 0 Å². The standard InChI is InChI=1S/C20H18N2O6S/c23-19(17-15-10-11-16(28-15)18(17)20(24)25)21-12-6-8-14(9-7-12)29(26,27)22-13-4-2-1-3-5-13/h1-11,15-18,22H,(H,21,23)(H,24,25)/t15-,16+,17-,18+/m1/s1. The Morgan fingerprint density at radius 2 is 1.48 bits per heavy atom. The molecule has 3 N–H and O–H groups in total. The zero-order valence-electron chi connectivity index (χ0n) is 15.1. The average Bonchev–Trinajstić information content (AvgIpc) is 3.30. The molecule has 1 saturated heterocycles. The number of ether oxygens (including phenoxy) is 1. The number of hydrogen-bond donors (Lipinski definition) is 3. The summed E-state index contributed by atoms with van der Waals surface area (Å²) in [7, 11) is -3.77. The van der Waals surface area contributed by atoms with Gasteiger partial charge in [-0.2, -0.15) is 0 Å². The molecule has 29 heavy (non-hydrogen) atoms. The number of carboxylic acids is 1. The number of benzene rings is 2. The molecule has 2 aromatic rings. The molecule has 2 heterocycles. The van der Waals surface area contributed by atoms with E-state index >= 15 is 0 Å². The summed E-state index contributed by atoms with van der Waals surface area (Å²) in [4.78, 5) is 24.2. The summed E-state index contributed by atoms with van der Waals surface area (Å²) in [5, 5.41) is 12.1. The highest BCUT2D eigenvalue weighted by Crippen LogP contribution is 2.39. The minimum atomic E-state index is -3.77. The first-order chi connectivity index (χ1) is 13.8. The fraction of sp³-hybridized carbons (Fsp3) is 0.200. The fourth-order valence-electron chi connectivity index (χ4n) is 3.58. The Bertz CT molecular complexity index is 1070. The molecule has 1 fully saturated rings. The summed E-state index contributed by atoms with van der Waals surface area (Å²) in [6.45, 7) is 0. The molecule has 2 bridgehead atoms. The van der Waals surface area contributed by atoms with Gasteiger partial charge in [0.1, 0.15) is 5.92 Å². The largest absolute Gasteiger partial charge is 0.481 e. The zero-order valence-corrected chi connectivity index (χ0v) is 15.9. The normalized spacial score (nSPS) is 25.0. The summed E-state index contributed by atoms with van der Waals surface area (Å²) in [5.41, 5.74) is 0.804. The molecule has 150 valence electrons. The third kappa shape index (κ3) is 3.74. The van der Waals surface area contributed by atoms with E-state index in [1.165, 1.54) is 24.3 Å². The molecule has 0 spiro atoms. The second-order valence-electron chi connectivity index (χ2n) is 6.83. The molecule has 9 heteroatoms. The highest BCUT2D eigenvalue weighted by atomic mass is 32.2. The molecule has 8 nitrogen and oxygen atoms in total. The number of carbonyl (C=O) groups is 2. The number of rotatable bonds is 6. The van der Waals surface area contributed by atoms with Gasteiger partial charge in [0, 0.05) is 11.4 Å². The lowest BCUT2D eigenvalue weighted by Crippen LogP contribution is -2.39. The van der Waals surface area contributed by atoms with E-state index in [1.807, 2.05) is 0 Å². The quantitative estimate of drug-likeness (QED) is 0.622. The lowest BCUT2D eigenvalue weighted by atomic mass is 9.82. The van der Waals surface area contributed by atoms with Crippen LogP contribution >= 0.6 is 0 Å². The van der Waals surface area contributed by atoms with Gasteiger partial charge in [-0.05, 0) is 36.4 Å². The van der Waals surface area contributed by atoms with Gasteiger partial charge >= 0.3 is 5.97 Å². The minimum absolute atomic E-state index is 0.0361. The van der Waals surface area contributed by atoms with Gasteiger partial charge in [0.25, 0.3) is 10.0 Å². The van der Waals surface area contributed by atoms with Crippen LogP contribution in [-0.4, -0.2) is 37.6 Å². The Labute approximate surface area is 167 Å². The number of carbonyl (C=O) groups excluding carboxylic acids is 1. The van der Waals surface area contributed by atoms with Crippen LogP contribution in [0, 0.1) is 11.8 Å². The van der Waals surface area contributed by atoms with Crippen molar-refractivity contribution in [3.8, 4) is 0 Å². The van der Waals surface area contributed by atoms with Crippen LogP contribution in [0.4, 0.5) is 11.4 Å². The Hall–Kier alpha value is -3.17. The number of nitrogens with one attached hydrogen (secondary N) is 2. The van der Waals surface area contributed by atoms with Gasteiger partial charge in [-0.15, -0.1) is 0 Å². The Kier molecular flexibility index (Phi) is 4.85. The zero-order chi connectivity index (χ0) is 20.6. The van der Waals surface area contributed by atoms with Crippen molar-refractivity contribution < 1.29 is 27.9 Å². The number of amides is 1. The topological polar surface area (TPSA) is 122 Å². The summed E-state index contributed by atoms with van der Waals surface area (Å²) < 4.78 is 32.9. The third-order valence-corrected chi connectivity index (χ3v) is 6.34. The van der Waals surface area contributed by atoms with Gasteiger partial charge in [-0.3, -0.25) is 14.3 Å². The van der Waals surface area contributed by atoms with Crippen molar-refractivity contribution in [2.45, 2.75) is 17.1 Å². The number of hydrogen-bond acceptors (Lipinski definition) is 5. The Morgan fingerprint density at radius 1 is 0.862 bits per heavy atom. The van der Waals surface area contributed by atoms with Crippen molar-refractivity contribution in [2.75, 3.05) is 10.0 Å². The van der Waals surface area contributed by atoms with E-state index in [0.717, 1.165) is 0 Å². The SMILES string of the molecule is O=C(O)[C@@H]1[C@H](C(=O)Nc2ccc(S(=O)(=O)Nc3ccccc3)cc2)[C@H]2C=C[C@@H]1O2. The van der Waals surface area contributed by atoms with Crippen LogP contribution in [0.15, 0.2) is 71.6 Å². The maximum absolute atomic E-state index is 12.6. The lowest BCUT2D eigenvalue weighted by molar-refractivity contribution is -0.145. The Morgan fingerprint density at radius 3 is 2.10 bits per heavy atom. The van der Waals surface area contributed by atoms with Crippen LogP contribution < -0.4 is 10.0 Å². The van der Waals surface area contributed by atoms with E-state index in [0.29, 0.717) is 11.4 Å². The molecular weight excluding hydrogens is 396 g/mol. The maximum atomic E-state index is 12.6. The van der Waals surface area contributed by atoms with Crippen molar-refractivity contribution in [2.24, 2.45) is 11.8 Å². The number of para-hydroxylation sites is 1. The molecule has 2 aromatic carbocycles. The molecule has 0 radical (unpaired) electrons. The van der Waals surface area contributed by atoms with E-state index < -0.39 is 45.9 Å². The first-order valence-corrected chi connectivity index (χ1v) is 10.4. The predicted molar refractivity (Wildman–Crippen MR) is 105 cm³/mol. The van der Waals surface area contributed by atoms with E-state index in [2.05, 4.69) is 10.0 Å². The smallest absolute Gasteiger partial charge is 0.310 e. The predicted octanol–water partition coefficient (Wildman–Crippen LogP) is 2.08. The minimum Gasteiger partial charge on any atom is -0.481 e. The van der Waals surface area contributed by atoms with Crippen molar-refractivity contribution in [3.63, 3.8) is 0 Å². The third-order valence-electron chi connectivity index (χ3n) is 4.95. The molecule has 1 amide bonds. The van der Waals surface area contributed by atoms with Crippen LogP contribution in [0.3, 0.4) is 0 Å². The second-order valence-corrected chi connectivity index (χ2v) is 8.51. The highest BCUT2D eigenvalue weighted by molar-refractivity contribution is 7.92. The summed E-state index contributed by atoms with van der Waals surface area (Å²) in [6, 6.07) is 14.1.